The van der Waals surface area contributed by atoms with Crippen molar-refractivity contribution in [2.75, 3.05) is 0 Å². The molecule has 0 fully saturated rings. The van der Waals surface area contributed by atoms with E-state index in [-0.39, 0.29) is 0 Å². The summed E-state index contributed by atoms with van der Waals surface area (Å²) in [6, 6.07) is 13.8. The van der Waals surface area contributed by atoms with Gasteiger partial charge in [0.05, 0.1) is 6.54 Å². The second kappa shape index (κ2) is 4.75. The minimum atomic E-state index is 0.619. The van der Waals surface area contributed by atoms with Gasteiger partial charge in [0.1, 0.15) is 0 Å². The van der Waals surface area contributed by atoms with Gasteiger partial charge in [-0.25, -0.2) is 0 Å². The molecule has 5 heteroatoms. The number of pyridine rings is 1. The normalized spacial score (nSPS) is 10.4. The second-order valence-corrected chi connectivity index (χ2v) is 3.86. The first-order valence-corrected chi connectivity index (χ1v) is 5.64. The lowest BCUT2D eigenvalue weighted by Gasteiger charge is -1.97. The summed E-state index contributed by atoms with van der Waals surface area (Å²) in [5.74, 6) is 0.619. The first-order chi connectivity index (χ1) is 8.92. The molecule has 2 heterocycles. The molecule has 3 aromatic rings. The average Bonchev–Trinajstić information content (AvgIpc) is 2.89. The fourth-order valence-electron chi connectivity index (χ4n) is 1.67. The first-order valence-electron chi connectivity index (χ1n) is 5.64. The Morgan fingerprint density at radius 3 is 2.50 bits per heavy atom. The highest BCUT2D eigenvalue weighted by atomic mass is 15.6. The molecule has 0 spiro atoms. The van der Waals surface area contributed by atoms with Gasteiger partial charge >= 0.3 is 0 Å². The third-order valence-corrected chi connectivity index (χ3v) is 2.56. The van der Waals surface area contributed by atoms with Gasteiger partial charge in [-0.2, -0.15) is 4.80 Å². The van der Waals surface area contributed by atoms with Crippen LogP contribution in [-0.2, 0) is 6.54 Å². The van der Waals surface area contributed by atoms with Crippen molar-refractivity contribution in [3.63, 3.8) is 0 Å². The molecule has 0 saturated heterocycles. The number of hydrogen-bond donors (Lipinski definition) is 0. The Morgan fingerprint density at radius 2 is 1.72 bits per heavy atom. The van der Waals surface area contributed by atoms with Crippen molar-refractivity contribution in [1.82, 2.24) is 25.2 Å². The van der Waals surface area contributed by atoms with Gasteiger partial charge in [-0.3, -0.25) is 4.98 Å². The van der Waals surface area contributed by atoms with E-state index >= 15 is 0 Å². The van der Waals surface area contributed by atoms with Crippen LogP contribution < -0.4 is 0 Å². The fourth-order valence-corrected chi connectivity index (χ4v) is 1.67. The zero-order chi connectivity index (χ0) is 12.2. The molecule has 0 aliphatic carbocycles. The monoisotopic (exact) mass is 237 g/mol. The number of rotatable bonds is 3. The van der Waals surface area contributed by atoms with E-state index < -0.39 is 0 Å². The van der Waals surface area contributed by atoms with Crippen LogP contribution >= 0.6 is 0 Å². The van der Waals surface area contributed by atoms with Crippen molar-refractivity contribution in [3.05, 3.63) is 60.4 Å². The molecule has 3 rings (SSSR count). The Labute approximate surface area is 104 Å². The molecule has 0 saturated carbocycles. The standard InChI is InChI=1S/C13H11N5/c1-2-4-11(5-3-1)10-18-16-13(15-17-18)12-6-8-14-9-7-12/h1-9H,10H2. The smallest absolute Gasteiger partial charge is 0.205 e. The Hall–Kier alpha value is -2.56. The Balaban J connectivity index is 1.82. The van der Waals surface area contributed by atoms with Crippen molar-refractivity contribution in [2.24, 2.45) is 0 Å². The third kappa shape index (κ3) is 2.24. The van der Waals surface area contributed by atoms with Gasteiger partial charge in [0, 0.05) is 18.0 Å². The molecule has 0 amide bonds. The number of nitrogens with zero attached hydrogens (tertiary/aromatic N) is 5. The topological polar surface area (TPSA) is 56.5 Å². The first kappa shape index (κ1) is 10.6. The van der Waals surface area contributed by atoms with Crippen molar-refractivity contribution >= 4 is 0 Å². The molecule has 0 radical (unpaired) electrons. The van der Waals surface area contributed by atoms with Crippen molar-refractivity contribution in [2.45, 2.75) is 6.54 Å². The maximum atomic E-state index is 4.34. The maximum absolute atomic E-state index is 4.34. The summed E-state index contributed by atoms with van der Waals surface area (Å²) < 4.78 is 0. The van der Waals surface area contributed by atoms with Gasteiger partial charge in [0.25, 0.3) is 0 Å². The molecule has 0 atom stereocenters. The van der Waals surface area contributed by atoms with Crippen LogP contribution in [0.4, 0.5) is 0 Å². The molecule has 0 aliphatic rings. The largest absolute Gasteiger partial charge is 0.265 e. The van der Waals surface area contributed by atoms with Crippen LogP contribution in [0, 0.1) is 0 Å². The minimum absolute atomic E-state index is 0.619. The number of aromatic nitrogens is 5. The van der Waals surface area contributed by atoms with Crippen molar-refractivity contribution in [3.8, 4) is 11.4 Å². The van der Waals surface area contributed by atoms with E-state index in [1.807, 2.05) is 42.5 Å². The molecule has 0 bridgehead atoms. The summed E-state index contributed by atoms with van der Waals surface area (Å²) in [5, 5.41) is 12.4. The summed E-state index contributed by atoms with van der Waals surface area (Å²) in [6.07, 6.45) is 3.43. The highest BCUT2D eigenvalue weighted by molar-refractivity contribution is 5.52. The lowest BCUT2D eigenvalue weighted by Crippen LogP contribution is -2.03. The summed E-state index contributed by atoms with van der Waals surface area (Å²) in [7, 11) is 0. The highest BCUT2D eigenvalue weighted by Crippen LogP contribution is 2.11. The molecule has 0 unspecified atom stereocenters. The fraction of sp³-hybridized carbons (Fsp3) is 0.0769. The lowest BCUT2D eigenvalue weighted by atomic mass is 10.2. The van der Waals surface area contributed by atoms with Crippen LogP contribution in [0.2, 0.25) is 0 Å². The number of hydrogen-bond acceptors (Lipinski definition) is 4. The molecular formula is C13H11N5. The molecule has 5 nitrogen and oxygen atoms in total. The van der Waals surface area contributed by atoms with Crippen LogP contribution in [0.3, 0.4) is 0 Å². The second-order valence-electron chi connectivity index (χ2n) is 3.86. The highest BCUT2D eigenvalue weighted by Gasteiger charge is 2.05. The number of benzene rings is 1. The van der Waals surface area contributed by atoms with E-state index in [9.17, 15) is 0 Å². The molecule has 0 aliphatic heterocycles. The lowest BCUT2D eigenvalue weighted by molar-refractivity contribution is 0.573. The van der Waals surface area contributed by atoms with Crippen LogP contribution in [0.15, 0.2) is 54.9 Å². The van der Waals surface area contributed by atoms with Crippen LogP contribution in [0.25, 0.3) is 11.4 Å². The van der Waals surface area contributed by atoms with E-state index in [0.29, 0.717) is 12.4 Å². The molecule has 1 aromatic carbocycles. The maximum Gasteiger partial charge on any atom is 0.205 e. The zero-order valence-corrected chi connectivity index (χ0v) is 9.64. The zero-order valence-electron chi connectivity index (χ0n) is 9.64. The predicted molar refractivity (Wildman–Crippen MR) is 66.6 cm³/mol. The van der Waals surface area contributed by atoms with Gasteiger partial charge in [-0.15, -0.1) is 10.2 Å². The van der Waals surface area contributed by atoms with Gasteiger partial charge in [-0.1, -0.05) is 30.3 Å². The third-order valence-electron chi connectivity index (χ3n) is 2.56. The Morgan fingerprint density at radius 1 is 0.944 bits per heavy atom. The molecule has 2 aromatic heterocycles. The molecule has 88 valence electrons. The summed E-state index contributed by atoms with van der Waals surface area (Å²) in [5.41, 5.74) is 2.07. The minimum Gasteiger partial charge on any atom is -0.265 e. The summed E-state index contributed by atoms with van der Waals surface area (Å²) >= 11 is 0. The van der Waals surface area contributed by atoms with Gasteiger partial charge in [-0.05, 0) is 22.9 Å². The van der Waals surface area contributed by atoms with E-state index in [0.717, 1.165) is 11.1 Å². The van der Waals surface area contributed by atoms with Crippen LogP contribution in [0.5, 0.6) is 0 Å². The Bertz CT molecular complexity index is 618. The summed E-state index contributed by atoms with van der Waals surface area (Å²) in [4.78, 5) is 5.55. The SMILES string of the molecule is c1ccc(Cn2nnc(-c3ccncc3)n2)cc1. The summed E-state index contributed by atoms with van der Waals surface area (Å²) in [6.45, 7) is 0.624. The molecular weight excluding hydrogens is 226 g/mol. The quantitative estimate of drug-likeness (QED) is 0.696. The van der Waals surface area contributed by atoms with E-state index in [2.05, 4.69) is 20.4 Å². The van der Waals surface area contributed by atoms with Crippen LogP contribution in [0.1, 0.15) is 5.56 Å². The van der Waals surface area contributed by atoms with Crippen molar-refractivity contribution in [1.29, 1.82) is 0 Å². The van der Waals surface area contributed by atoms with Crippen molar-refractivity contribution < 1.29 is 0 Å². The van der Waals surface area contributed by atoms with Crippen LogP contribution in [-0.4, -0.2) is 25.2 Å². The van der Waals surface area contributed by atoms with E-state index in [4.69, 9.17) is 0 Å². The molecule has 0 N–H and O–H groups in total. The average molecular weight is 237 g/mol. The van der Waals surface area contributed by atoms with E-state index in [1.165, 1.54) is 0 Å². The Kier molecular flexibility index (Phi) is 2.79. The molecule has 18 heavy (non-hydrogen) atoms. The number of tetrazole rings is 1. The van der Waals surface area contributed by atoms with E-state index in [1.54, 1.807) is 17.2 Å². The van der Waals surface area contributed by atoms with Gasteiger partial charge < -0.3 is 0 Å². The van der Waals surface area contributed by atoms with Gasteiger partial charge in [0.15, 0.2) is 0 Å². The predicted octanol–water partition coefficient (Wildman–Crippen LogP) is 1.78. The van der Waals surface area contributed by atoms with Gasteiger partial charge in [0.2, 0.25) is 5.82 Å².